The number of hydrogen-bond donors (Lipinski definition) is 2. The van der Waals surface area contributed by atoms with Gasteiger partial charge in [0.05, 0.1) is 6.04 Å². The first-order valence-corrected chi connectivity index (χ1v) is 8.07. The van der Waals surface area contributed by atoms with E-state index in [0.29, 0.717) is 11.7 Å². The lowest BCUT2D eigenvalue weighted by atomic mass is 10.1. The number of carbonyl (C=O) groups is 2. The van der Waals surface area contributed by atoms with Crippen LogP contribution in [-0.4, -0.2) is 42.3 Å². The highest BCUT2D eigenvalue weighted by atomic mass is 32.1. The summed E-state index contributed by atoms with van der Waals surface area (Å²) in [6.45, 7) is 0.369. The molecule has 112 valence electrons. The molecule has 1 atom stereocenters. The molecule has 0 aliphatic carbocycles. The first-order chi connectivity index (χ1) is 10.1. The Hall–Kier alpha value is -1.77. The summed E-state index contributed by atoms with van der Waals surface area (Å²) in [5, 5.41) is 11.3. The van der Waals surface area contributed by atoms with Gasteiger partial charge in [0.25, 0.3) is 0 Å². The van der Waals surface area contributed by atoms with Gasteiger partial charge in [-0.1, -0.05) is 0 Å². The average Bonchev–Trinajstić information content (AvgIpc) is 3.11. The predicted octanol–water partition coefficient (Wildman–Crippen LogP) is 1.56. The van der Waals surface area contributed by atoms with Gasteiger partial charge in [-0.05, 0) is 36.5 Å². The van der Waals surface area contributed by atoms with E-state index < -0.39 is 11.8 Å². The number of hydrogen-bond acceptors (Lipinski definition) is 6. The van der Waals surface area contributed by atoms with Crippen molar-refractivity contribution in [3.63, 3.8) is 0 Å². The molecule has 2 aromatic heterocycles. The van der Waals surface area contributed by atoms with Gasteiger partial charge in [0.1, 0.15) is 0 Å². The monoisotopic (exact) mass is 324 g/mol. The van der Waals surface area contributed by atoms with Crippen LogP contribution in [0.1, 0.15) is 11.6 Å². The van der Waals surface area contributed by atoms with Crippen molar-refractivity contribution in [1.29, 1.82) is 0 Å². The van der Waals surface area contributed by atoms with Crippen molar-refractivity contribution >= 4 is 39.6 Å². The number of nitrogens with one attached hydrogen (secondary N) is 2. The zero-order valence-corrected chi connectivity index (χ0v) is 13.3. The van der Waals surface area contributed by atoms with E-state index in [4.69, 9.17) is 0 Å². The Bertz CT molecular complexity index is 581. The fourth-order valence-electron chi connectivity index (χ4n) is 1.77. The Kier molecular flexibility index (Phi) is 5.43. The summed E-state index contributed by atoms with van der Waals surface area (Å²) in [6, 6.07) is 2.05. The normalized spacial score (nSPS) is 12.1. The van der Waals surface area contributed by atoms with Crippen molar-refractivity contribution < 1.29 is 9.59 Å². The first kappa shape index (κ1) is 15.6. The Morgan fingerprint density at radius 2 is 2.14 bits per heavy atom. The van der Waals surface area contributed by atoms with E-state index in [1.54, 1.807) is 22.9 Å². The number of rotatable bonds is 5. The lowest BCUT2D eigenvalue weighted by Gasteiger charge is -2.23. The molecule has 0 saturated heterocycles. The van der Waals surface area contributed by atoms with E-state index in [9.17, 15) is 9.59 Å². The molecule has 0 aliphatic rings. The predicted molar refractivity (Wildman–Crippen MR) is 84.5 cm³/mol. The van der Waals surface area contributed by atoms with Crippen LogP contribution in [0.4, 0.5) is 5.13 Å². The fourth-order valence-corrected chi connectivity index (χ4v) is 3.00. The molecular formula is C13H16N4O2S2. The molecule has 2 rings (SSSR count). The number of aromatic nitrogens is 1. The third-order valence-corrected chi connectivity index (χ3v) is 4.26. The highest BCUT2D eigenvalue weighted by Gasteiger charge is 2.19. The van der Waals surface area contributed by atoms with Crippen LogP contribution < -0.4 is 10.6 Å². The summed E-state index contributed by atoms with van der Waals surface area (Å²) >= 11 is 2.87. The van der Waals surface area contributed by atoms with Gasteiger partial charge in [-0.25, -0.2) is 4.98 Å². The zero-order chi connectivity index (χ0) is 15.2. The van der Waals surface area contributed by atoms with Crippen molar-refractivity contribution in [3.8, 4) is 0 Å². The van der Waals surface area contributed by atoms with Crippen LogP contribution in [0.3, 0.4) is 0 Å². The molecule has 1 unspecified atom stereocenters. The molecule has 0 bridgehead atoms. The molecule has 2 aromatic rings. The molecule has 0 spiro atoms. The number of thiazole rings is 1. The summed E-state index contributed by atoms with van der Waals surface area (Å²) < 4.78 is 0. The maximum atomic E-state index is 11.8. The van der Waals surface area contributed by atoms with Gasteiger partial charge >= 0.3 is 11.8 Å². The fraction of sp³-hybridized carbons (Fsp3) is 0.308. The number of thiophene rings is 1. The second kappa shape index (κ2) is 7.30. The van der Waals surface area contributed by atoms with Crippen molar-refractivity contribution in [2.75, 3.05) is 26.0 Å². The van der Waals surface area contributed by atoms with Crippen LogP contribution >= 0.6 is 22.7 Å². The SMILES string of the molecule is CN(C)C(CNC(=O)C(=O)Nc1nccs1)c1ccsc1. The molecule has 0 aliphatic heterocycles. The van der Waals surface area contributed by atoms with Crippen molar-refractivity contribution in [2.24, 2.45) is 0 Å². The van der Waals surface area contributed by atoms with Crippen molar-refractivity contribution in [3.05, 3.63) is 34.0 Å². The van der Waals surface area contributed by atoms with Crippen LogP contribution in [-0.2, 0) is 9.59 Å². The Balaban J connectivity index is 1.88. The van der Waals surface area contributed by atoms with E-state index in [1.807, 2.05) is 35.8 Å². The molecule has 0 fully saturated rings. The third-order valence-electron chi connectivity index (χ3n) is 2.87. The average molecular weight is 324 g/mol. The van der Waals surface area contributed by atoms with Crippen LogP contribution in [0.25, 0.3) is 0 Å². The smallest absolute Gasteiger partial charge is 0.315 e. The van der Waals surface area contributed by atoms with Crippen LogP contribution in [0, 0.1) is 0 Å². The highest BCUT2D eigenvalue weighted by Crippen LogP contribution is 2.19. The number of anilines is 1. The Morgan fingerprint density at radius 1 is 1.33 bits per heavy atom. The molecule has 2 heterocycles. The minimum absolute atomic E-state index is 0.0351. The maximum absolute atomic E-state index is 11.8. The van der Waals surface area contributed by atoms with Crippen LogP contribution in [0.2, 0.25) is 0 Å². The standard InChI is InChI=1S/C13H16N4O2S2/c1-17(2)10(9-3-5-20-8-9)7-15-11(18)12(19)16-13-14-4-6-21-13/h3-6,8,10H,7H2,1-2H3,(H,15,18)(H,14,16,19). The van der Waals surface area contributed by atoms with Crippen LogP contribution in [0.15, 0.2) is 28.4 Å². The van der Waals surface area contributed by atoms with Gasteiger partial charge in [0.15, 0.2) is 5.13 Å². The zero-order valence-electron chi connectivity index (χ0n) is 11.7. The number of amides is 2. The summed E-state index contributed by atoms with van der Waals surface area (Å²) in [5.41, 5.74) is 1.12. The summed E-state index contributed by atoms with van der Waals surface area (Å²) in [5.74, 6) is -1.36. The van der Waals surface area contributed by atoms with Gasteiger partial charge < -0.3 is 10.2 Å². The molecule has 21 heavy (non-hydrogen) atoms. The quantitative estimate of drug-likeness (QED) is 0.819. The number of likely N-dealkylation sites (N-methyl/N-ethyl adjacent to an activating group) is 1. The van der Waals surface area contributed by atoms with Gasteiger partial charge in [-0.3, -0.25) is 14.9 Å². The van der Waals surface area contributed by atoms with E-state index in [1.165, 1.54) is 11.3 Å². The van der Waals surface area contributed by atoms with Crippen molar-refractivity contribution in [2.45, 2.75) is 6.04 Å². The number of nitrogens with zero attached hydrogens (tertiary/aromatic N) is 2. The molecule has 0 saturated carbocycles. The van der Waals surface area contributed by atoms with E-state index in [2.05, 4.69) is 15.6 Å². The minimum atomic E-state index is -0.701. The topological polar surface area (TPSA) is 74.3 Å². The molecule has 0 aromatic carbocycles. The van der Waals surface area contributed by atoms with Gasteiger partial charge in [-0.2, -0.15) is 11.3 Å². The number of carbonyl (C=O) groups excluding carboxylic acids is 2. The third kappa shape index (κ3) is 4.35. The lowest BCUT2D eigenvalue weighted by molar-refractivity contribution is -0.136. The second-order valence-electron chi connectivity index (χ2n) is 4.54. The molecule has 2 N–H and O–H groups in total. The van der Waals surface area contributed by atoms with E-state index in [-0.39, 0.29) is 6.04 Å². The largest absolute Gasteiger partial charge is 0.346 e. The molecule has 6 nitrogen and oxygen atoms in total. The first-order valence-electron chi connectivity index (χ1n) is 6.25. The van der Waals surface area contributed by atoms with Crippen LogP contribution in [0.5, 0.6) is 0 Å². The summed E-state index contributed by atoms with van der Waals surface area (Å²) in [6.07, 6.45) is 1.57. The lowest BCUT2D eigenvalue weighted by Crippen LogP contribution is -2.40. The summed E-state index contributed by atoms with van der Waals surface area (Å²) in [4.78, 5) is 29.4. The van der Waals surface area contributed by atoms with E-state index >= 15 is 0 Å². The van der Waals surface area contributed by atoms with Gasteiger partial charge in [-0.15, -0.1) is 11.3 Å². The van der Waals surface area contributed by atoms with Crippen molar-refractivity contribution in [1.82, 2.24) is 15.2 Å². The summed E-state index contributed by atoms with van der Waals surface area (Å²) in [7, 11) is 3.87. The van der Waals surface area contributed by atoms with Gasteiger partial charge in [0, 0.05) is 18.1 Å². The minimum Gasteiger partial charge on any atom is -0.346 e. The maximum Gasteiger partial charge on any atom is 0.315 e. The molecule has 0 radical (unpaired) electrons. The van der Waals surface area contributed by atoms with Gasteiger partial charge in [0.2, 0.25) is 0 Å². The highest BCUT2D eigenvalue weighted by molar-refractivity contribution is 7.13. The molecular weight excluding hydrogens is 308 g/mol. The second-order valence-corrected chi connectivity index (χ2v) is 6.21. The van der Waals surface area contributed by atoms with E-state index in [0.717, 1.165) is 5.56 Å². The Morgan fingerprint density at radius 3 is 2.71 bits per heavy atom. The molecule has 8 heteroatoms. The molecule has 2 amide bonds. The Labute approximate surface area is 130 Å².